The number of fused-ring (bicyclic) bond motifs is 3. The summed E-state index contributed by atoms with van der Waals surface area (Å²) in [4.78, 5) is 19.0. The van der Waals surface area contributed by atoms with Gasteiger partial charge in [-0.25, -0.2) is 20.0 Å². The number of aromatic nitrogens is 2. The molecule has 1 aromatic carbocycles. The van der Waals surface area contributed by atoms with Crippen LogP contribution in [0.4, 0.5) is 5.69 Å². The zero-order valence-corrected chi connectivity index (χ0v) is 23.4. The molecule has 0 radical (unpaired) electrons. The van der Waals surface area contributed by atoms with Gasteiger partial charge in [0.15, 0.2) is 5.84 Å². The van der Waals surface area contributed by atoms with E-state index < -0.39 is 6.35 Å². The van der Waals surface area contributed by atoms with Crippen molar-refractivity contribution in [3.63, 3.8) is 0 Å². The molecule has 7 rings (SSSR count). The van der Waals surface area contributed by atoms with Crippen LogP contribution in [0.3, 0.4) is 0 Å². The largest absolute Gasteiger partial charge is 0.338 e. The minimum absolute atomic E-state index is 0.177. The van der Waals surface area contributed by atoms with Crippen LogP contribution in [-0.2, 0) is 4.74 Å². The predicted octanol–water partition coefficient (Wildman–Crippen LogP) is 6.93. The van der Waals surface area contributed by atoms with E-state index in [1.807, 2.05) is 61.7 Å². The van der Waals surface area contributed by atoms with Crippen LogP contribution in [0.5, 0.6) is 0 Å². The van der Waals surface area contributed by atoms with Crippen LogP contribution >= 0.6 is 11.8 Å². The molecule has 4 aliphatic rings. The van der Waals surface area contributed by atoms with E-state index in [1.165, 1.54) is 22.3 Å². The van der Waals surface area contributed by atoms with Gasteiger partial charge in [0.1, 0.15) is 10.9 Å². The number of aliphatic imine (C=N–C) groups is 2. The minimum atomic E-state index is -0.470. The van der Waals surface area contributed by atoms with E-state index in [0.717, 1.165) is 52.8 Å². The third-order valence-electron chi connectivity index (χ3n) is 7.59. The first-order chi connectivity index (χ1) is 19.7. The monoisotopic (exact) mass is 546 g/mol. The molecular weight excluding hydrogens is 516 g/mol. The quantitative estimate of drug-likeness (QED) is 0.346. The highest BCUT2D eigenvalue weighted by atomic mass is 32.2. The Hall–Kier alpha value is -4.01. The van der Waals surface area contributed by atoms with Crippen LogP contribution < -0.4 is 5.01 Å². The Morgan fingerprint density at radius 1 is 0.950 bits per heavy atom. The SMILES string of the molecule is CCOC1N=C2C3=C(N=C(C)N2N1c1ccccc1)SC(c1ccncc1)C1=C3C(=Cc2ccncc2)CCC1. The molecule has 0 N–H and O–H groups in total. The molecule has 0 bridgehead atoms. The van der Waals surface area contributed by atoms with Gasteiger partial charge in [-0.3, -0.25) is 9.97 Å². The van der Waals surface area contributed by atoms with Crippen LogP contribution in [0, 0.1) is 0 Å². The number of hydrazine groups is 1. The predicted molar refractivity (Wildman–Crippen MR) is 161 cm³/mol. The van der Waals surface area contributed by atoms with Gasteiger partial charge < -0.3 is 4.74 Å². The highest BCUT2D eigenvalue weighted by Crippen LogP contribution is 2.56. The standard InChI is InChI=1S/C32H30N6OS/c1-3-39-32-36-30-28-27-24(20-22-12-16-33-17-13-22)8-7-11-26(27)29(23-14-18-34-19-15-23)40-31(28)35-21(2)37(30)38(32)25-9-5-4-6-10-25/h4-6,9-10,12-20,29,32H,3,7-8,11H2,1-2H3. The van der Waals surface area contributed by atoms with Gasteiger partial charge in [-0.15, -0.1) is 0 Å². The Balaban J connectivity index is 1.42. The van der Waals surface area contributed by atoms with Gasteiger partial charge in [0.2, 0.25) is 6.35 Å². The van der Waals surface area contributed by atoms with Crippen molar-refractivity contribution in [1.82, 2.24) is 15.0 Å². The Bertz CT molecular complexity index is 1580. The van der Waals surface area contributed by atoms with E-state index in [0.29, 0.717) is 6.61 Å². The molecule has 40 heavy (non-hydrogen) atoms. The minimum Gasteiger partial charge on any atom is -0.338 e. The number of pyridine rings is 2. The first-order valence-corrected chi connectivity index (χ1v) is 14.7. The zero-order chi connectivity index (χ0) is 27.1. The lowest BCUT2D eigenvalue weighted by Gasteiger charge is -2.41. The Morgan fingerprint density at radius 2 is 1.70 bits per heavy atom. The third kappa shape index (κ3) is 4.28. The van der Waals surface area contributed by atoms with Crippen molar-refractivity contribution in [2.45, 2.75) is 44.7 Å². The molecule has 0 saturated carbocycles. The first-order valence-electron chi connectivity index (χ1n) is 13.8. The van der Waals surface area contributed by atoms with Crippen LogP contribution in [0.25, 0.3) is 6.08 Å². The summed E-state index contributed by atoms with van der Waals surface area (Å²) in [6.45, 7) is 4.63. The van der Waals surface area contributed by atoms with Gasteiger partial charge in [0.25, 0.3) is 0 Å². The number of hydrogen-bond donors (Lipinski definition) is 0. The molecule has 3 aliphatic heterocycles. The Kier molecular flexibility index (Phi) is 6.57. The van der Waals surface area contributed by atoms with Crippen molar-refractivity contribution in [2.75, 3.05) is 11.6 Å². The molecule has 0 spiro atoms. The molecule has 0 saturated heterocycles. The van der Waals surface area contributed by atoms with Crippen molar-refractivity contribution >= 4 is 35.2 Å². The molecule has 5 heterocycles. The lowest BCUT2D eigenvalue weighted by molar-refractivity contribution is 0.0606. The molecule has 2 aromatic heterocycles. The molecule has 200 valence electrons. The Morgan fingerprint density at radius 3 is 2.45 bits per heavy atom. The van der Waals surface area contributed by atoms with Crippen molar-refractivity contribution in [2.24, 2.45) is 9.98 Å². The molecule has 8 heteroatoms. The number of anilines is 1. The lowest BCUT2D eigenvalue weighted by Crippen LogP contribution is -2.50. The molecule has 0 fully saturated rings. The summed E-state index contributed by atoms with van der Waals surface area (Å²) < 4.78 is 6.21. The summed E-state index contributed by atoms with van der Waals surface area (Å²) in [5.74, 6) is 1.78. The van der Waals surface area contributed by atoms with Gasteiger partial charge in [-0.2, -0.15) is 0 Å². The summed E-state index contributed by atoms with van der Waals surface area (Å²) in [6, 6.07) is 18.7. The highest BCUT2D eigenvalue weighted by molar-refractivity contribution is 8.03. The van der Waals surface area contributed by atoms with Gasteiger partial charge in [-0.05, 0) is 97.4 Å². The number of amidine groups is 2. The second-order valence-corrected chi connectivity index (χ2v) is 11.1. The maximum Gasteiger partial charge on any atom is 0.248 e. The summed E-state index contributed by atoms with van der Waals surface area (Å²) in [7, 11) is 0. The van der Waals surface area contributed by atoms with Crippen molar-refractivity contribution < 1.29 is 4.74 Å². The summed E-state index contributed by atoms with van der Waals surface area (Å²) in [5.41, 5.74) is 8.57. The van der Waals surface area contributed by atoms with E-state index in [2.05, 4.69) is 69.4 Å². The van der Waals surface area contributed by atoms with Crippen molar-refractivity contribution in [3.05, 3.63) is 118 Å². The smallest absolute Gasteiger partial charge is 0.248 e. The molecule has 0 amide bonds. The van der Waals surface area contributed by atoms with Crippen LogP contribution in [0.2, 0.25) is 0 Å². The molecule has 7 nitrogen and oxygen atoms in total. The van der Waals surface area contributed by atoms with Crippen molar-refractivity contribution in [1.29, 1.82) is 0 Å². The highest BCUT2D eigenvalue weighted by Gasteiger charge is 2.46. The van der Waals surface area contributed by atoms with E-state index >= 15 is 0 Å². The zero-order valence-electron chi connectivity index (χ0n) is 22.6. The maximum atomic E-state index is 6.21. The third-order valence-corrected chi connectivity index (χ3v) is 8.90. The topological polar surface area (TPSA) is 66.2 Å². The van der Waals surface area contributed by atoms with Crippen LogP contribution in [-0.4, -0.2) is 39.6 Å². The van der Waals surface area contributed by atoms with Crippen LogP contribution in [0.15, 0.2) is 117 Å². The van der Waals surface area contributed by atoms with E-state index in [-0.39, 0.29) is 5.25 Å². The second-order valence-electron chi connectivity index (χ2n) is 10.0. The number of thioether (sulfide) groups is 1. The number of allylic oxidation sites excluding steroid dienone is 1. The fourth-order valence-corrected chi connectivity index (χ4v) is 7.32. The van der Waals surface area contributed by atoms with Gasteiger partial charge in [-0.1, -0.05) is 36.0 Å². The number of para-hydroxylation sites is 1. The first kappa shape index (κ1) is 25.0. The molecule has 2 unspecified atom stereocenters. The molecule has 1 aliphatic carbocycles. The van der Waals surface area contributed by atoms with Crippen molar-refractivity contribution in [3.8, 4) is 0 Å². The molecular formula is C32H30N6OS. The molecule has 3 aromatic rings. The van der Waals surface area contributed by atoms with E-state index in [4.69, 9.17) is 14.7 Å². The fourth-order valence-electron chi connectivity index (χ4n) is 5.93. The Labute approximate surface area is 238 Å². The van der Waals surface area contributed by atoms with Gasteiger partial charge >= 0.3 is 0 Å². The van der Waals surface area contributed by atoms with E-state index in [9.17, 15) is 0 Å². The lowest BCUT2D eigenvalue weighted by atomic mass is 9.79. The van der Waals surface area contributed by atoms with Gasteiger partial charge in [0.05, 0.1) is 16.5 Å². The summed E-state index contributed by atoms with van der Waals surface area (Å²) in [5, 5.41) is 5.46. The molecule has 2 atom stereocenters. The van der Waals surface area contributed by atoms with Gasteiger partial charge in [0, 0.05) is 31.4 Å². The van der Waals surface area contributed by atoms with Crippen LogP contribution in [0.1, 0.15) is 49.5 Å². The normalized spacial score (nSPS) is 23.1. The number of rotatable bonds is 5. The average molecular weight is 547 g/mol. The average Bonchev–Trinajstić information content (AvgIpc) is 3.38. The second kappa shape index (κ2) is 10.5. The fraction of sp³-hybridized carbons (Fsp3) is 0.250. The number of nitrogens with zero attached hydrogens (tertiary/aromatic N) is 6. The maximum absolute atomic E-state index is 6.21. The number of benzene rings is 1. The summed E-state index contributed by atoms with van der Waals surface area (Å²) in [6.07, 6.45) is 12.5. The van der Waals surface area contributed by atoms with E-state index in [1.54, 1.807) is 0 Å². The number of ether oxygens (including phenoxy) is 1. The summed E-state index contributed by atoms with van der Waals surface area (Å²) >= 11 is 1.83. The number of hydrogen-bond acceptors (Lipinski definition) is 8.